The van der Waals surface area contributed by atoms with E-state index in [1.165, 1.54) is 0 Å². The summed E-state index contributed by atoms with van der Waals surface area (Å²) in [5.74, 6) is 0.584. The zero-order valence-corrected chi connectivity index (χ0v) is 11.6. The molecule has 0 aliphatic heterocycles. The van der Waals surface area contributed by atoms with E-state index in [9.17, 15) is 4.79 Å². The lowest BCUT2D eigenvalue weighted by atomic mass is 10.2. The fourth-order valence-electron chi connectivity index (χ4n) is 2.06. The number of aromatic nitrogens is 3. The molecule has 6 nitrogen and oxygen atoms in total. The van der Waals surface area contributed by atoms with E-state index in [0.29, 0.717) is 5.69 Å². The van der Waals surface area contributed by atoms with Crippen LogP contribution in [0.25, 0.3) is 5.82 Å². The molecule has 2 heterocycles. The molecule has 104 valence electrons. The molecule has 0 bridgehead atoms. The number of hydrogen-bond acceptors (Lipinski definition) is 4. The summed E-state index contributed by atoms with van der Waals surface area (Å²) in [6.07, 6.45) is 3.11. The Morgan fingerprint density at radius 3 is 2.65 bits per heavy atom. The Balaban J connectivity index is 1.78. The van der Waals surface area contributed by atoms with E-state index in [-0.39, 0.29) is 5.91 Å². The van der Waals surface area contributed by atoms with Crippen LogP contribution in [0.4, 0.5) is 5.69 Å². The summed E-state index contributed by atoms with van der Waals surface area (Å²) in [5, 5.41) is 7.15. The molecule has 0 radical (unpaired) electrons. The van der Waals surface area contributed by atoms with E-state index < -0.39 is 5.54 Å². The standard InChI is InChI=1S/C14H17N5O/c1-9-7-10(2)19(18-9)12-4-3-11(8-16-12)17-13(20)14(15)5-6-14/h3-4,7-8H,5-6,15H2,1-2H3,(H,17,20). The van der Waals surface area contributed by atoms with Gasteiger partial charge in [0.1, 0.15) is 0 Å². The van der Waals surface area contributed by atoms with Gasteiger partial charge in [-0.15, -0.1) is 0 Å². The molecule has 1 saturated carbocycles. The topological polar surface area (TPSA) is 85.8 Å². The van der Waals surface area contributed by atoms with Gasteiger partial charge in [0, 0.05) is 5.69 Å². The molecule has 6 heteroatoms. The summed E-state index contributed by atoms with van der Waals surface area (Å²) < 4.78 is 1.77. The normalized spacial score (nSPS) is 15.9. The molecule has 0 spiro atoms. The van der Waals surface area contributed by atoms with Crippen LogP contribution in [0, 0.1) is 13.8 Å². The lowest BCUT2D eigenvalue weighted by Crippen LogP contribution is -2.37. The van der Waals surface area contributed by atoms with Gasteiger partial charge in [-0.1, -0.05) is 0 Å². The zero-order chi connectivity index (χ0) is 14.3. The number of nitrogens with one attached hydrogen (secondary N) is 1. The van der Waals surface area contributed by atoms with Crippen LogP contribution in [0.2, 0.25) is 0 Å². The van der Waals surface area contributed by atoms with Gasteiger partial charge in [0.2, 0.25) is 5.91 Å². The van der Waals surface area contributed by atoms with Crippen molar-refractivity contribution in [1.82, 2.24) is 14.8 Å². The molecule has 0 atom stereocenters. The second-order valence-electron chi connectivity index (χ2n) is 5.35. The predicted octanol–water partition coefficient (Wildman–Crippen LogP) is 1.31. The van der Waals surface area contributed by atoms with Crippen molar-refractivity contribution >= 4 is 11.6 Å². The van der Waals surface area contributed by atoms with Crippen molar-refractivity contribution in [2.75, 3.05) is 5.32 Å². The molecule has 1 amide bonds. The Kier molecular flexibility index (Phi) is 2.83. The minimum atomic E-state index is -0.672. The van der Waals surface area contributed by atoms with Gasteiger partial charge in [0.05, 0.1) is 23.1 Å². The molecular formula is C14H17N5O. The number of hydrogen-bond donors (Lipinski definition) is 2. The van der Waals surface area contributed by atoms with Crippen LogP contribution in [-0.2, 0) is 4.79 Å². The van der Waals surface area contributed by atoms with Crippen LogP contribution in [0.15, 0.2) is 24.4 Å². The molecule has 20 heavy (non-hydrogen) atoms. The van der Waals surface area contributed by atoms with E-state index in [0.717, 1.165) is 30.0 Å². The lowest BCUT2D eigenvalue weighted by Gasteiger charge is -2.10. The first-order valence-corrected chi connectivity index (χ1v) is 6.58. The zero-order valence-electron chi connectivity index (χ0n) is 11.6. The van der Waals surface area contributed by atoms with Gasteiger partial charge in [0.15, 0.2) is 5.82 Å². The number of pyridine rings is 1. The Hall–Kier alpha value is -2.21. The first-order valence-electron chi connectivity index (χ1n) is 6.58. The highest BCUT2D eigenvalue weighted by atomic mass is 16.2. The summed E-state index contributed by atoms with van der Waals surface area (Å²) >= 11 is 0. The predicted molar refractivity (Wildman–Crippen MR) is 75.6 cm³/mol. The van der Waals surface area contributed by atoms with Gasteiger partial charge < -0.3 is 11.1 Å². The number of nitrogens with zero attached hydrogens (tertiary/aromatic N) is 3. The van der Waals surface area contributed by atoms with E-state index in [1.54, 1.807) is 10.9 Å². The monoisotopic (exact) mass is 271 g/mol. The molecule has 2 aromatic heterocycles. The van der Waals surface area contributed by atoms with E-state index in [1.807, 2.05) is 32.0 Å². The third kappa shape index (κ3) is 2.30. The highest BCUT2D eigenvalue weighted by Gasteiger charge is 2.45. The van der Waals surface area contributed by atoms with Crippen molar-refractivity contribution in [3.63, 3.8) is 0 Å². The van der Waals surface area contributed by atoms with Crippen molar-refractivity contribution in [1.29, 1.82) is 0 Å². The maximum Gasteiger partial charge on any atom is 0.244 e. The SMILES string of the molecule is Cc1cc(C)n(-c2ccc(NC(=O)C3(N)CC3)cn2)n1. The second kappa shape index (κ2) is 4.42. The van der Waals surface area contributed by atoms with Crippen LogP contribution in [0.1, 0.15) is 24.2 Å². The summed E-state index contributed by atoms with van der Waals surface area (Å²) in [5.41, 5.74) is 7.78. The molecule has 1 fully saturated rings. The van der Waals surface area contributed by atoms with Crippen molar-refractivity contribution < 1.29 is 4.79 Å². The smallest absolute Gasteiger partial charge is 0.244 e. The Labute approximate surface area is 117 Å². The Morgan fingerprint density at radius 1 is 1.40 bits per heavy atom. The Bertz CT molecular complexity index is 655. The van der Waals surface area contributed by atoms with Crippen LogP contribution >= 0.6 is 0 Å². The maximum atomic E-state index is 11.8. The molecule has 0 unspecified atom stereocenters. The number of rotatable bonds is 3. The molecule has 0 aromatic carbocycles. The number of carbonyl (C=O) groups is 1. The number of amides is 1. The third-order valence-corrected chi connectivity index (χ3v) is 3.47. The van der Waals surface area contributed by atoms with Crippen molar-refractivity contribution in [3.8, 4) is 5.82 Å². The van der Waals surface area contributed by atoms with Gasteiger partial charge in [-0.3, -0.25) is 4.79 Å². The van der Waals surface area contributed by atoms with Gasteiger partial charge in [-0.2, -0.15) is 5.10 Å². The number of anilines is 1. The quantitative estimate of drug-likeness (QED) is 0.881. The molecular weight excluding hydrogens is 254 g/mol. The minimum Gasteiger partial charge on any atom is -0.323 e. The van der Waals surface area contributed by atoms with Gasteiger partial charge >= 0.3 is 0 Å². The third-order valence-electron chi connectivity index (χ3n) is 3.47. The van der Waals surface area contributed by atoms with Gasteiger partial charge in [-0.05, 0) is 44.9 Å². The summed E-state index contributed by atoms with van der Waals surface area (Å²) in [7, 11) is 0. The highest BCUT2D eigenvalue weighted by Crippen LogP contribution is 2.33. The number of aryl methyl sites for hydroxylation is 2. The van der Waals surface area contributed by atoms with Crippen molar-refractivity contribution in [3.05, 3.63) is 35.8 Å². The minimum absolute atomic E-state index is 0.141. The Morgan fingerprint density at radius 2 is 2.15 bits per heavy atom. The first-order chi connectivity index (χ1) is 9.48. The fraction of sp³-hybridized carbons (Fsp3) is 0.357. The summed E-state index contributed by atoms with van der Waals surface area (Å²) in [6.45, 7) is 3.91. The van der Waals surface area contributed by atoms with Crippen LogP contribution in [0.3, 0.4) is 0 Å². The number of nitrogens with two attached hydrogens (primary N) is 1. The van der Waals surface area contributed by atoms with Crippen LogP contribution in [-0.4, -0.2) is 26.2 Å². The molecule has 1 aliphatic carbocycles. The van der Waals surface area contributed by atoms with Gasteiger partial charge in [-0.25, -0.2) is 9.67 Å². The largest absolute Gasteiger partial charge is 0.323 e. The molecule has 1 aliphatic rings. The highest BCUT2D eigenvalue weighted by molar-refractivity contribution is 5.99. The maximum absolute atomic E-state index is 11.8. The molecule has 3 rings (SSSR count). The molecule has 2 aromatic rings. The average Bonchev–Trinajstić information content (AvgIpc) is 3.07. The van der Waals surface area contributed by atoms with Crippen molar-refractivity contribution in [2.45, 2.75) is 32.2 Å². The number of carbonyl (C=O) groups excluding carboxylic acids is 1. The van der Waals surface area contributed by atoms with E-state index >= 15 is 0 Å². The summed E-state index contributed by atoms with van der Waals surface area (Å²) in [6, 6.07) is 5.62. The summed E-state index contributed by atoms with van der Waals surface area (Å²) in [4.78, 5) is 16.2. The molecule has 0 saturated heterocycles. The average molecular weight is 271 g/mol. The second-order valence-corrected chi connectivity index (χ2v) is 5.35. The molecule has 3 N–H and O–H groups in total. The van der Waals surface area contributed by atoms with Crippen LogP contribution in [0.5, 0.6) is 0 Å². The van der Waals surface area contributed by atoms with E-state index in [2.05, 4.69) is 15.4 Å². The van der Waals surface area contributed by atoms with Crippen LogP contribution < -0.4 is 11.1 Å². The first kappa shape index (κ1) is 12.8. The van der Waals surface area contributed by atoms with Gasteiger partial charge in [0.25, 0.3) is 0 Å². The van der Waals surface area contributed by atoms with Crippen molar-refractivity contribution in [2.24, 2.45) is 5.73 Å². The lowest BCUT2D eigenvalue weighted by molar-refractivity contribution is -0.118. The van der Waals surface area contributed by atoms with E-state index in [4.69, 9.17) is 5.73 Å². The fourth-order valence-corrected chi connectivity index (χ4v) is 2.06.